The maximum absolute atomic E-state index is 12.3. The van der Waals surface area contributed by atoms with Gasteiger partial charge >= 0.3 is 0 Å². The van der Waals surface area contributed by atoms with Crippen LogP contribution in [0.4, 0.5) is 0 Å². The summed E-state index contributed by atoms with van der Waals surface area (Å²) in [7, 11) is 0. The fourth-order valence-corrected chi connectivity index (χ4v) is 3.30. The van der Waals surface area contributed by atoms with Gasteiger partial charge in [0, 0.05) is 23.7 Å². The van der Waals surface area contributed by atoms with E-state index in [9.17, 15) is 4.79 Å². The van der Waals surface area contributed by atoms with E-state index in [0.717, 1.165) is 39.7 Å². The van der Waals surface area contributed by atoms with Crippen molar-refractivity contribution >= 4 is 29.1 Å². The van der Waals surface area contributed by atoms with E-state index < -0.39 is 0 Å². The van der Waals surface area contributed by atoms with Crippen LogP contribution in [0.3, 0.4) is 0 Å². The van der Waals surface area contributed by atoms with Crippen molar-refractivity contribution in [3.63, 3.8) is 0 Å². The van der Waals surface area contributed by atoms with E-state index in [-0.39, 0.29) is 5.91 Å². The minimum Gasteiger partial charge on any atom is -0.489 e. The summed E-state index contributed by atoms with van der Waals surface area (Å²) in [5.41, 5.74) is 4.36. The molecule has 1 aromatic heterocycles. The van der Waals surface area contributed by atoms with E-state index in [4.69, 9.17) is 27.9 Å². The topological polar surface area (TPSA) is 56.1 Å². The van der Waals surface area contributed by atoms with E-state index in [1.54, 1.807) is 0 Å². The van der Waals surface area contributed by atoms with E-state index in [1.165, 1.54) is 0 Å². The highest BCUT2D eigenvalue weighted by Gasteiger charge is 2.09. The van der Waals surface area contributed by atoms with E-state index >= 15 is 0 Å². The summed E-state index contributed by atoms with van der Waals surface area (Å²) in [5, 5.41) is 8.76. The Morgan fingerprint density at radius 2 is 1.83 bits per heavy atom. The molecule has 30 heavy (non-hydrogen) atoms. The van der Waals surface area contributed by atoms with Gasteiger partial charge in [0.2, 0.25) is 0 Å². The quantitative estimate of drug-likeness (QED) is 0.464. The molecule has 0 aliphatic carbocycles. The van der Waals surface area contributed by atoms with Gasteiger partial charge in [0.1, 0.15) is 12.4 Å². The number of nitrogens with one attached hydrogen (secondary N) is 1. The molecular weight excluding hydrogens is 421 g/mol. The third kappa shape index (κ3) is 5.55. The van der Waals surface area contributed by atoms with E-state index in [1.807, 2.05) is 67.9 Å². The summed E-state index contributed by atoms with van der Waals surface area (Å²) in [6, 6.07) is 13.0. The second kappa shape index (κ2) is 10.0. The average molecular weight is 446 g/mol. The number of aromatic nitrogens is 2. The molecule has 0 saturated heterocycles. The number of hydrogen-bond acceptors (Lipinski definition) is 3. The number of hydrogen-bond donors (Lipinski definition) is 1. The normalized spacial score (nSPS) is 10.8. The lowest BCUT2D eigenvalue weighted by Crippen LogP contribution is -2.25. The molecule has 0 unspecified atom stereocenters. The molecule has 3 rings (SSSR count). The Bertz CT molecular complexity index is 1030. The number of amides is 1. The molecule has 0 aliphatic heterocycles. The Balaban J connectivity index is 1.45. The summed E-state index contributed by atoms with van der Waals surface area (Å²) in [6.45, 7) is 7.47. The third-order valence-electron chi connectivity index (χ3n) is 4.88. The first-order valence-electron chi connectivity index (χ1n) is 9.80. The zero-order valence-corrected chi connectivity index (χ0v) is 18.8. The Morgan fingerprint density at radius 3 is 2.47 bits per heavy atom. The molecule has 0 atom stereocenters. The highest BCUT2D eigenvalue weighted by Crippen LogP contribution is 2.22. The van der Waals surface area contributed by atoms with Gasteiger partial charge in [-0.05, 0) is 68.7 Å². The van der Waals surface area contributed by atoms with Crippen molar-refractivity contribution in [2.45, 2.75) is 40.3 Å². The molecule has 0 saturated carbocycles. The van der Waals surface area contributed by atoms with Gasteiger partial charge < -0.3 is 10.1 Å². The number of aryl methyl sites for hydroxylation is 3. The molecular formula is C23H25Cl2N3O2. The van der Waals surface area contributed by atoms with Gasteiger partial charge in [-0.25, -0.2) is 0 Å². The molecule has 0 spiro atoms. The summed E-state index contributed by atoms with van der Waals surface area (Å²) >= 11 is 12.2. The smallest absolute Gasteiger partial charge is 0.251 e. The summed E-state index contributed by atoms with van der Waals surface area (Å²) < 4.78 is 7.67. The number of carbonyl (C=O) groups excluding carboxylic acids is 1. The van der Waals surface area contributed by atoms with Gasteiger partial charge in [-0.1, -0.05) is 35.3 Å². The lowest BCUT2D eigenvalue weighted by atomic mass is 10.1. The van der Waals surface area contributed by atoms with Crippen molar-refractivity contribution in [1.29, 1.82) is 0 Å². The fraction of sp³-hybridized carbons (Fsp3) is 0.304. The molecule has 3 aromatic rings. The number of carbonyl (C=O) groups is 1. The van der Waals surface area contributed by atoms with Gasteiger partial charge in [-0.15, -0.1) is 0 Å². The van der Waals surface area contributed by atoms with Crippen molar-refractivity contribution in [3.8, 4) is 5.75 Å². The average Bonchev–Trinajstić information content (AvgIpc) is 2.99. The summed E-state index contributed by atoms with van der Waals surface area (Å²) in [4.78, 5) is 12.3. The first kappa shape index (κ1) is 22.2. The standard InChI is InChI=1S/C23H25Cl2N3O2/c1-15-13-20(9-10-21(15)24)30-14-18-5-7-19(8-6-18)23(29)26-11-4-12-28-17(3)22(25)16(2)27-28/h5-10,13H,4,11-12,14H2,1-3H3,(H,26,29). The van der Waals surface area contributed by atoms with Crippen LogP contribution in [0.1, 0.15) is 39.3 Å². The van der Waals surface area contributed by atoms with Gasteiger partial charge in [0.15, 0.2) is 0 Å². The first-order valence-corrected chi connectivity index (χ1v) is 10.6. The van der Waals surface area contributed by atoms with Crippen LogP contribution in [0.25, 0.3) is 0 Å². The van der Waals surface area contributed by atoms with Gasteiger partial charge in [0.05, 0.1) is 16.4 Å². The number of rotatable bonds is 8. The SMILES string of the molecule is Cc1cc(OCc2ccc(C(=O)NCCCn3nc(C)c(Cl)c3C)cc2)ccc1Cl. The molecule has 0 aliphatic rings. The minimum atomic E-state index is -0.0952. The van der Waals surface area contributed by atoms with Crippen molar-refractivity contribution < 1.29 is 9.53 Å². The second-order valence-corrected chi connectivity index (χ2v) is 8.00. The maximum Gasteiger partial charge on any atom is 0.251 e. The van der Waals surface area contributed by atoms with Crippen molar-refractivity contribution in [1.82, 2.24) is 15.1 Å². The number of halogens is 2. The Kier molecular flexibility index (Phi) is 7.40. The highest BCUT2D eigenvalue weighted by atomic mass is 35.5. The molecule has 0 bridgehead atoms. The van der Waals surface area contributed by atoms with E-state index in [2.05, 4.69) is 10.4 Å². The molecule has 1 N–H and O–H groups in total. The van der Waals surface area contributed by atoms with Crippen molar-refractivity contribution in [2.24, 2.45) is 0 Å². The monoisotopic (exact) mass is 445 g/mol. The third-order valence-corrected chi connectivity index (χ3v) is 5.85. The highest BCUT2D eigenvalue weighted by molar-refractivity contribution is 6.32. The van der Waals surface area contributed by atoms with Gasteiger partial charge in [-0.2, -0.15) is 5.10 Å². The summed E-state index contributed by atoms with van der Waals surface area (Å²) in [5.74, 6) is 0.671. The van der Waals surface area contributed by atoms with Gasteiger partial charge in [-0.3, -0.25) is 9.48 Å². The zero-order chi connectivity index (χ0) is 21.7. The molecule has 0 radical (unpaired) electrons. The number of benzene rings is 2. The minimum absolute atomic E-state index is 0.0952. The Morgan fingerprint density at radius 1 is 1.10 bits per heavy atom. The second-order valence-electron chi connectivity index (χ2n) is 7.21. The number of nitrogens with zero attached hydrogens (tertiary/aromatic N) is 2. The number of ether oxygens (including phenoxy) is 1. The van der Waals surface area contributed by atoms with Crippen LogP contribution in [-0.4, -0.2) is 22.2 Å². The molecule has 2 aromatic carbocycles. The largest absolute Gasteiger partial charge is 0.489 e. The Hall–Kier alpha value is -2.50. The molecule has 158 valence electrons. The van der Waals surface area contributed by atoms with Crippen LogP contribution in [0.15, 0.2) is 42.5 Å². The molecule has 1 heterocycles. The van der Waals surface area contributed by atoms with Crippen LogP contribution in [0.5, 0.6) is 5.75 Å². The van der Waals surface area contributed by atoms with Crippen LogP contribution in [0.2, 0.25) is 10.0 Å². The first-order chi connectivity index (χ1) is 14.3. The van der Waals surface area contributed by atoms with E-state index in [0.29, 0.717) is 30.3 Å². The molecule has 1 amide bonds. The van der Waals surface area contributed by atoms with Gasteiger partial charge in [0.25, 0.3) is 5.91 Å². The predicted molar refractivity (Wildman–Crippen MR) is 121 cm³/mol. The lowest BCUT2D eigenvalue weighted by molar-refractivity contribution is 0.0952. The van der Waals surface area contributed by atoms with Crippen molar-refractivity contribution in [2.75, 3.05) is 6.54 Å². The molecule has 0 fully saturated rings. The van der Waals surface area contributed by atoms with Crippen LogP contribution in [0, 0.1) is 20.8 Å². The Labute approximate surface area is 187 Å². The van der Waals surface area contributed by atoms with Crippen LogP contribution >= 0.6 is 23.2 Å². The van der Waals surface area contributed by atoms with Crippen LogP contribution < -0.4 is 10.1 Å². The van der Waals surface area contributed by atoms with Crippen LogP contribution in [-0.2, 0) is 13.2 Å². The fourth-order valence-electron chi connectivity index (χ4n) is 3.05. The maximum atomic E-state index is 12.3. The zero-order valence-electron chi connectivity index (χ0n) is 17.3. The van der Waals surface area contributed by atoms with Crippen molar-refractivity contribution in [3.05, 3.63) is 80.6 Å². The summed E-state index contributed by atoms with van der Waals surface area (Å²) in [6.07, 6.45) is 0.774. The lowest BCUT2D eigenvalue weighted by Gasteiger charge is -2.09. The predicted octanol–water partition coefficient (Wildman–Crippen LogP) is 5.51. The molecule has 7 heteroatoms. The molecule has 5 nitrogen and oxygen atoms in total.